The number of piperazine rings is 1. The molecule has 2 aromatic carbocycles. The Kier molecular flexibility index (Phi) is 5.74. The molecule has 1 aliphatic rings. The summed E-state index contributed by atoms with van der Waals surface area (Å²) in [6.45, 7) is 1.73. The van der Waals surface area contributed by atoms with Crippen molar-refractivity contribution in [3.63, 3.8) is 0 Å². The molecule has 0 saturated carbocycles. The van der Waals surface area contributed by atoms with Gasteiger partial charge in [0.1, 0.15) is 5.82 Å². The Morgan fingerprint density at radius 2 is 1.91 bits per heavy atom. The molecule has 3 N–H and O–H groups in total. The highest BCUT2D eigenvalue weighted by atomic mass is 32.1. The van der Waals surface area contributed by atoms with Crippen molar-refractivity contribution in [2.45, 2.75) is 24.7 Å². The largest absolute Gasteiger partial charge is 0.419 e. The number of nitrogens with zero attached hydrogens (tertiary/aromatic N) is 2. The highest BCUT2D eigenvalue weighted by molar-refractivity contribution is 7.22. The van der Waals surface area contributed by atoms with Crippen LogP contribution in [0.1, 0.15) is 12.5 Å². The first-order valence-electron chi connectivity index (χ1n) is 9.84. The lowest BCUT2D eigenvalue weighted by Gasteiger charge is -2.45. The minimum Gasteiger partial charge on any atom is -0.342 e. The Bertz CT molecular complexity index is 1210. The molecule has 3 amide bonds. The summed E-state index contributed by atoms with van der Waals surface area (Å²) in [5.74, 6) is -1.54. The standard InChI is InChI=1S/C21H19F4N5O2S/c1-11-10-30(2)17(31)20(29-11,21(23,24)25)12-3-8-15-16(9-12)33-19(27-15)28-18(32)26-14-6-4-13(22)5-7-14/h3-9,11,29H,10H2,1-2H3,(H2,26,27,28,32)/t11-,20+/m0/s1. The summed E-state index contributed by atoms with van der Waals surface area (Å²) in [6.07, 6.45) is -4.89. The molecule has 0 spiro atoms. The van der Waals surface area contributed by atoms with Crippen molar-refractivity contribution in [3.8, 4) is 0 Å². The Morgan fingerprint density at radius 1 is 1.21 bits per heavy atom. The number of halogens is 4. The van der Waals surface area contributed by atoms with Gasteiger partial charge in [0, 0.05) is 25.3 Å². The van der Waals surface area contributed by atoms with E-state index >= 15 is 0 Å². The first-order valence-corrected chi connectivity index (χ1v) is 10.7. The molecule has 1 saturated heterocycles. The molecule has 174 valence electrons. The zero-order valence-corrected chi connectivity index (χ0v) is 18.3. The number of alkyl halides is 3. The van der Waals surface area contributed by atoms with Gasteiger partial charge in [-0.25, -0.2) is 14.2 Å². The van der Waals surface area contributed by atoms with Gasteiger partial charge >= 0.3 is 12.2 Å². The lowest BCUT2D eigenvalue weighted by atomic mass is 9.84. The normalized spacial score (nSPS) is 21.3. The number of carbonyl (C=O) groups excluding carboxylic acids is 2. The number of anilines is 2. The summed E-state index contributed by atoms with van der Waals surface area (Å²) in [7, 11) is 1.34. The van der Waals surface area contributed by atoms with E-state index in [1.54, 1.807) is 6.92 Å². The van der Waals surface area contributed by atoms with Crippen LogP contribution >= 0.6 is 11.3 Å². The molecule has 1 aliphatic heterocycles. The first-order chi connectivity index (χ1) is 15.5. The average Bonchev–Trinajstić information content (AvgIpc) is 3.12. The van der Waals surface area contributed by atoms with Crippen molar-refractivity contribution in [2.24, 2.45) is 0 Å². The fourth-order valence-electron chi connectivity index (χ4n) is 3.83. The molecule has 0 unspecified atom stereocenters. The van der Waals surface area contributed by atoms with E-state index in [1.165, 1.54) is 49.5 Å². The quantitative estimate of drug-likeness (QED) is 0.488. The lowest BCUT2D eigenvalue weighted by Crippen LogP contribution is -2.70. The SMILES string of the molecule is C[C@H]1CN(C)C(=O)[C@](c2ccc3nc(NC(=O)Nc4ccc(F)cc4)sc3c2)(C(F)(F)F)N1. The third-order valence-electron chi connectivity index (χ3n) is 5.25. The average molecular weight is 481 g/mol. The number of hydrogen-bond donors (Lipinski definition) is 3. The molecule has 0 bridgehead atoms. The van der Waals surface area contributed by atoms with Crippen molar-refractivity contribution < 1.29 is 27.2 Å². The number of likely N-dealkylation sites (N-methyl/N-ethyl adjacent to an activating group) is 1. The fraction of sp³-hybridized carbons (Fsp3) is 0.286. The van der Waals surface area contributed by atoms with Gasteiger partial charge in [0.15, 0.2) is 5.13 Å². The van der Waals surface area contributed by atoms with E-state index in [0.29, 0.717) is 15.9 Å². The monoisotopic (exact) mass is 481 g/mol. The van der Waals surface area contributed by atoms with Crippen LogP contribution in [-0.2, 0) is 10.3 Å². The van der Waals surface area contributed by atoms with Crippen LogP contribution in [0, 0.1) is 5.82 Å². The summed E-state index contributed by atoms with van der Waals surface area (Å²) in [5, 5.41) is 7.63. The second-order valence-corrected chi connectivity index (χ2v) is 8.80. The molecule has 1 fully saturated rings. The number of aromatic nitrogens is 1. The Balaban J connectivity index is 1.63. The molecule has 0 aliphatic carbocycles. The van der Waals surface area contributed by atoms with Crippen molar-refractivity contribution in [1.29, 1.82) is 0 Å². The van der Waals surface area contributed by atoms with Crippen LogP contribution in [0.25, 0.3) is 10.2 Å². The van der Waals surface area contributed by atoms with Gasteiger partial charge in [0.2, 0.25) is 5.54 Å². The van der Waals surface area contributed by atoms with Gasteiger partial charge in [-0.1, -0.05) is 17.4 Å². The van der Waals surface area contributed by atoms with Crippen molar-refractivity contribution >= 4 is 44.3 Å². The number of urea groups is 1. The zero-order valence-electron chi connectivity index (χ0n) is 17.5. The molecule has 4 rings (SSSR count). The summed E-state index contributed by atoms with van der Waals surface area (Å²) in [6, 6.07) is 7.76. The highest BCUT2D eigenvalue weighted by Crippen LogP contribution is 2.43. The molecule has 2 heterocycles. The second-order valence-electron chi connectivity index (χ2n) is 7.77. The third kappa shape index (κ3) is 4.23. The smallest absolute Gasteiger partial charge is 0.342 e. The van der Waals surface area contributed by atoms with Crippen LogP contribution in [0.5, 0.6) is 0 Å². The van der Waals surface area contributed by atoms with Gasteiger partial charge in [-0.3, -0.25) is 15.4 Å². The second kappa shape index (κ2) is 8.27. The van der Waals surface area contributed by atoms with Gasteiger partial charge in [-0.2, -0.15) is 13.2 Å². The Labute approximate surface area is 189 Å². The zero-order chi connectivity index (χ0) is 24.0. The van der Waals surface area contributed by atoms with Crippen LogP contribution in [0.15, 0.2) is 42.5 Å². The molecule has 1 aromatic heterocycles. The number of rotatable bonds is 3. The molecule has 12 heteroatoms. The predicted molar refractivity (Wildman–Crippen MR) is 117 cm³/mol. The topological polar surface area (TPSA) is 86.4 Å². The predicted octanol–water partition coefficient (Wildman–Crippen LogP) is 4.29. The summed E-state index contributed by atoms with van der Waals surface area (Å²) in [5.41, 5.74) is -2.42. The van der Waals surface area contributed by atoms with Gasteiger partial charge in [-0.15, -0.1) is 0 Å². The van der Waals surface area contributed by atoms with E-state index in [1.807, 2.05) is 0 Å². The van der Waals surface area contributed by atoms with E-state index in [2.05, 4.69) is 20.9 Å². The number of thiazole rings is 1. The van der Waals surface area contributed by atoms with E-state index < -0.39 is 35.5 Å². The first kappa shape index (κ1) is 22.9. The van der Waals surface area contributed by atoms with Gasteiger partial charge in [-0.05, 0) is 48.9 Å². The Hall–Kier alpha value is -3.25. The number of fused-ring (bicyclic) bond motifs is 1. The summed E-state index contributed by atoms with van der Waals surface area (Å²) < 4.78 is 56.2. The van der Waals surface area contributed by atoms with Crippen molar-refractivity contribution in [1.82, 2.24) is 15.2 Å². The van der Waals surface area contributed by atoms with E-state index in [4.69, 9.17) is 0 Å². The fourth-order valence-corrected chi connectivity index (χ4v) is 4.73. The van der Waals surface area contributed by atoms with Crippen LogP contribution in [0.4, 0.5) is 33.2 Å². The van der Waals surface area contributed by atoms with E-state index in [9.17, 15) is 27.2 Å². The maximum absolute atomic E-state index is 14.3. The minimum atomic E-state index is -4.89. The third-order valence-corrected chi connectivity index (χ3v) is 6.18. The number of nitrogens with one attached hydrogen (secondary N) is 3. The highest BCUT2D eigenvalue weighted by Gasteiger charge is 2.64. The number of benzene rings is 2. The number of hydrogen-bond acceptors (Lipinski definition) is 5. The summed E-state index contributed by atoms with van der Waals surface area (Å²) >= 11 is 0.966. The summed E-state index contributed by atoms with van der Waals surface area (Å²) in [4.78, 5) is 30.2. The molecule has 33 heavy (non-hydrogen) atoms. The molecular formula is C21H19F4N5O2S. The van der Waals surface area contributed by atoms with Gasteiger partial charge in [0.05, 0.1) is 10.2 Å². The molecule has 7 nitrogen and oxygen atoms in total. The van der Waals surface area contributed by atoms with Crippen LogP contribution in [-0.4, -0.2) is 47.6 Å². The number of amides is 3. The maximum Gasteiger partial charge on any atom is 0.419 e. The van der Waals surface area contributed by atoms with E-state index in [-0.39, 0.29) is 17.2 Å². The number of carbonyl (C=O) groups is 2. The van der Waals surface area contributed by atoms with Gasteiger partial charge < -0.3 is 10.2 Å². The molecular weight excluding hydrogens is 462 g/mol. The van der Waals surface area contributed by atoms with Crippen molar-refractivity contribution in [2.75, 3.05) is 24.2 Å². The van der Waals surface area contributed by atoms with Crippen molar-refractivity contribution in [3.05, 3.63) is 53.8 Å². The maximum atomic E-state index is 14.3. The van der Waals surface area contributed by atoms with Crippen LogP contribution in [0.3, 0.4) is 0 Å². The molecule has 2 atom stereocenters. The van der Waals surface area contributed by atoms with Gasteiger partial charge in [0.25, 0.3) is 5.91 Å². The molecule has 3 aromatic rings. The van der Waals surface area contributed by atoms with Crippen LogP contribution < -0.4 is 16.0 Å². The molecule has 0 radical (unpaired) electrons. The van der Waals surface area contributed by atoms with Crippen LogP contribution in [0.2, 0.25) is 0 Å². The van der Waals surface area contributed by atoms with E-state index in [0.717, 1.165) is 16.2 Å². The minimum absolute atomic E-state index is 0.149. The Morgan fingerprint density at radius 3 is 2.58 bits per heavy atom. The lowest BCUT2D eigenvalue weighted by molar-refractivity contribution is -0.216.